The molecule has 0 bridgehead atoms. The molecule has 19 heavy (non-hydrogen) atoms. The fourth-order valence-electron chi connectivity index (χ4n) is 4.23. The normalized spacial score (nSPS) is 38.4. The van der Waals surface area contributed by atoms with Gasteiger partial charge in [0.15, 0.2) is 0 Å². The van der Waals surface area contributed by atoms with Crippen molar-refractivity contribution in [1.82, 2.24) is 10.2 Å². The Kier molecular flexibility index (Phi) is 3.81. The van der Waals surface area contributed by atoms with Gasteiger partial charge in [0.05, 0.1) is 11.5 Å². The van der Waals surface area contributed by atoms with E-state index < -0.39 is 11.5 Å². The van der Waals surface area contributed by atoms with Crippen LogP contribution < -0.4 is 5.32 Å². The number of hydrogen-bond acceptors (Lipinski definition) is 3. The minimum atomic E-state index is -0.520. The fraction of sp³-hybridized carbons (Fsp3) is 0.933. The maximum atomic E-state index is 12.3. The second-order valence-corrected chi connectivity index (χ2v) is 6.58. The summed E-state index contributed by atoms with van der Waals surface area (Å²) in [4.78, 5) is 14.8. The predicted octanol–water partition coefficient (Wildman–Crippen LogP) is 1.28. The van der Waals surface area contributed by atoms with E-state index in [1.165, 1.54) is 32.1 Å². The van der Waals surface area contributed by atoms with Gasteiger partial charge in [0, 0.05) is 25.7 Å². The number of nitrogens with zero attached hydrogens (tertiary/aromatic N) is 1. The number of carbonyl (C=O) groups excluding carboxylic acids is 1. The lowest BCUT2D eigenvalue weighted by molar-refractivity contribution is -0.150. The molecule has 0 radical (unpaired) electrons. The highest BCUT2D eigenvalue weighted by Crippen LogP contribution is 2.39. The quantitative estimate of drug-likeness (QED) is 0.752. The average molecular weight is 266 g/mol. The first-order valence-electron chi connectivity index (χ1n) is 7.93. The lowest BCUT2D eigenvalue weighted by Gasteiger charge is -2.49. The number of hydrogen-bond donors (Lipinski definition) is 2. The standard InChI is InChI=1S/C15H26N2O2/c18-13-7-10-17(12-5-2-1-3-6-12)11-15(13)8-4-9-16-14(15)19/h12-13,18H,1-11H2,(H,16,19)/t13-,15+/m0/s1. The molecule has 1 saturated carbocycles. The van der Waals surface area contributed by atoms with Crippen molar-refractivity contribution < 1.29 is 9.90 Å². The van der Waals surface area contributed by atoms with Crippen molar-refractivity contribution in [2.24, 2.45) is 5.41 Å². The first-order chi connectivity index (χ1) is 9.22. The number of amides is 1. The van der Waals surface area contributed by atoms with Crippen LogP contribution in [0.15, 0.2) is 0 Å². The van der Waals surface area contributed by atoms with Crippen molar-refractivity contribution in [3.05, 3.63) is 0 Å². The van der Waals surface area contributed by atoms with Crippen LogP contribution in [0.3, 0.4) is 0 Å². The van der Waals surface area contributed by atoms with E-state index in [0.29, 0.717) is 6.04 Å². The third-order valence-electron chi connectivity index (χ3n) is 5.44. The van der Waals surface area contributed by atoms with Crippen LogP contribution >= 0.6 is 0 Å². The Balaban J connectivity index is 1.74. The SMILES string of the molecule is O=C1NCCC[C@]12CN(C1CCCCC1)CC[C@@H]2O. The van der Waals surface area contributed by atoms with Crippen LogP contribution in [0, 0.1) is 5.41 Å². The predicted molar refractivity (Wildman–Crippen MR) is 73.7 cm³/mol. The monoisotopic (exact) mass is 266 g/mol. The Morgan fingerprint density at radius 2 is 1.95 bits per heavy atom. The highest BCUT2D eigenvalue weighted by Gasteiger charge is 2.50. The number of aliphatic hydroxyl groups is 1. The summed E-state index contributed by atoms with van der Waals surface area (Å²) in [6, 6.07) is 0.646. The van der Waals surface area contributed by atoms with Crippen molar-refractivity contribution in [1.29, 1.82) is 0 Å². The molecule has 2 aliphatic heterocycles. The van der Waals surface area contributed by atoms with E-state index in [4.69, 9.17) is 0 Å². The van der Waals surface area contributed by atoms with Gasteiger partial charge in [0.2, 0.25) is 5.91 Å². The Hall–Kier alpha value is -0.610. The van der Waals surface area contributed by atoms with Gasteiger partial charge in [-0.25, -0.2) is 0 Å². The molecule has 0 aromatic heterocycles. The van der Waals surface area contributed by atoms with Crippen LogP contribution in [0.5, 0.6) is 0 Å². The summed E-state index contributed by atoms with van der Waals surface area (Å²) in [5.41, 5.74) is -0.520. The number of piperidine rings is 2. The smallest absolute Gasteiger partial charge is 0.230 e. The van der Waals surface area contributed by atoms with E-state index in [9.17, 15) is 9.90 Å². The van der Waals surface area contributed by atoms with E-state index in [2.05, 4.69) is 10.2 Å². The van der Waals surface area contributed by atoms with E-state index >= 15 is 0 Å². The molecule has 4 heteroatoms. The summed E-state index contributed by atoms with van der Waals surface area (Å²) in [6.45, 7) is 2.50. The summed E-state index contributed by atoms with van der Waals surface area (Å²) in [5.74, 6) is 0.0896. The molecule has 4 nitrogen and oxygen atoms in total. The summed E-state index contributed by atoms with van der Waals surface area (Å²) in [7, 11) is 0. The molecule has 2 saturated heterocycles. The van der Waals surface area contributed by atoms with Gasteiger partial charge in [-0.2, -0.15) is 0 Å². The van der Waals surface area contributed by atoms with Gasteiger partial charge in [-0.3, -0.25) is 9.69 Å². The van der Waals surface area contributed by atoms with E-state index in [1.807, 2.05) is 0 Å². The maximum Gasteiger partial charge on any atom is 0.230 e. The lowest BCUT2D eigenvalue weighted by atomic mass is 9.71. The van der Waals surface area contributed by atoms with Crippen molar-refractivity contribution >= 4 is 5.91 Å². The molecule has 2 N–H and O–H groups in total. The third kappa shape index (κ3) is 2.40. The maximum absolute atomic E-state index is 12.3. The number of nitrogens with one attached hydrogen (secondary N) is 1. The van der Waals surface area contributed by atoms with Gasteiger partial charge in [0.1, 0.15) is 0 Å². The van der Waals surface area contributed by atoms with Crippen LogP contribution in [-0.2, 0) is 4.79 Å². The first kappa shape index (κ1) is 13.4. The number of likely N-dealkylation sites (tertiary alicyclic amines) is 1. The second kappa shape index (κ2) is 5.41. The molecule has 1 aliphatic carbocycles. The molecule has 3 rings (SSSR count). The molecule has 0 aromatic rings. The van der Waals surface area contributed by atoms with Crippen molar-refractivity contribution in [2.75, 3.05) is 19.6 Å². The van der Waals surface area contributed by atoms with Crippen LogP contribution in [0.1, 0.15) is 51.4 Å². The lowest BCUT2D eigenvalue weighted by Crippen LogP contribution is -2.62. The van der Waals surface area contributed by atoms with Crippen molar-refractivity contribution in [3.8, 4) is 0 Å². The molecule has 2 atom stereocenters. The molecular weight excluding hydrogens is 240 g/mol. The summed E-state index contributed by atoms with van der Waals surface area (Å²) < 4.78 is 0. The minimum absolute atomic E-state index is 0.0896. The molecule has 0 unspecified atom stereocenters. The molecular formula is C15H26N2O2. The van der Waals surface area contributed by atoms with Crippen LogP contribution in [-0.4, -0.2) is 47.7 Å². The zero-order chi connectivity index (χ0) is 13.3. The zero-order valence-corrected chi connectivity index (χ0v) is 11.7. The first-order valence-corrected chi connectivity index (χ1v) is 7.93. The topological polar surface area (TPSA) is 52.6 Å². The molecule has 0 aromatic carbocycles. The van der Waals surface area contributed by atoms with E-state index in [1.54, 1.807) is 0 Å². The molecule has 1 spiro atoms. The molecule has 2 heterocycles. The Morgan fingerprint density at radius 3 is 2.68 bits per heavy atom. The van der Waals surface area contributed by atoms with Gasteiger partial charge in [0.25, 0.3) is 0 Å². The Bertz CT molecular complexity index is 341. The number of rotatable bonds is 1. The third-order valence-corrected chi connectivity index (χ3v) is 5.44. The van der Waals surface area contributed by atoms with Gasteiger partial charge in [-0.1, -0.05) is 19.3 Å². The molecule has 1 amide bonds. The van der Waals surface area contributed by atoms with E-state index in [-0.39, 0.29) is 5.91 Å². The summed E-state index contributed by atoms with van der Waals surface area (Å²) >= 11 is 0. The average Bonchev–Trinajstić information content (AvgIpc) is 2.46. The van der Waals surface area contributed by atoms with Crippen LogP contribution in [0.2, 0.25) is 0 Å². The Labute approximate surface area is 115 Å². The van der Waals surface area contributed by atoms with Gasteiger partial charge in [-0.05, 0) is 32.1 Å². The molecule has 3 aliphatic rings. The van der Waals surface area contributed by atoms with Crippen molar-refractivity contribution in [2.45, 2.75) is 63.5 Å². The highest BCUT2D eigenvalue weighted by atomic mass is 16.3. The van der Waals surface area contributed by atoms with Gasteiger partial charge >= 0.3 is 0 Å². The van der Waals surface area contributed by atoms with E-state index in [0.717, 1.165) is 38.9 Å². The number of aliphatic hydroxyl groups excluding tert-OH is 1. The zero-order valence-electron chi connectivity index (χ0n) is 11.7. The summed E-state index contributed by atoms with van der Waals surface area (Å²) in [6.07, 6.45) is 8.70. The van der Waals surface area contributed by atoms with Crippen LogP contribution in [0.25, 0.3) is 0 Å². The fourth-order valence-corrected chi connectivity index (χ4v) is 4.23. The Morgan fingerprint density at radius 1 is 1.16 bits per heavy atom. The van der Waals surface area contributed by atoms with Crippen LogP contribution in [0.4, 0.5) is 0 Å². The second-order valence-electron chi connectivity index (χ2n) is 6.58. The molecule has 108 valence electrons. The molecule has 3 fully saturated rings. The van der Waals surface area contributed by atoms with Crippen molar-refractivity contribution in [3.63, 3.8) is 0 Å². The van der Waals surface area contributed by atoms with Gasteiger partial charge in [-0.15, -0.1) is 0 Å². The largest absolute Gasteiger partial charge is 0.392 e. The summed E-state index contributed by atoms with van der Waals surface area (Å²) in [5, 5.41) is 13.4. The highest BCUT2D eigenvalue weighted by molar-refractivity contribution is 5.84. The number of carbonyl (C=O) groups is 1. The van der Waals surface area contributed by atoms with Gasteiger partial charge < -0.3 is 10.4 Å². The minimum Gasteiger partial charge on any atom is -0.392 e.